The van der Waals surface area contributed by atoms with Crippen LogP contribution in [0, 0.1) is 13.8 Å². The first-order valence-electron chi connectivity index (χ1n) is 12.0. The van der Waals surface area contributed by atoms with E-state index in [0.717, 1.165) is 22.6 Å². The second-order valence-corrected chi connectivity index (χ2v) is 9.83. The van der Waals surface area contributed by atoms with Crippen LogP contribution in [0.3, 0.4) is 0 Å². The van der Waals surface area contributed by atoms with Crippen molar-refractivity contribution < 1.29 is 4.79 Å². The number of nitrogens with one attached hydrogen (secondary N) is 1. The van der Waals surface area contributed by atoms with Gasteiger partial charge in [0.1, 0.15) is 5.82 Å². The molecule has 0 unspecified atom stereocenters. The number of benzene rings is 4. The van der Waals surface area contributed by atoms with E-state index >= 15 is 0 Å². The fraction of sp³-hybridized carbons (Fsp3) is 0.167. The largest absolute Gasteiger partial charge is 0.351 e. The number of amides is 1. The monoisotopic (exact) mass is 492 g/mol. The number of aromatic nitrogens is 3. The van der Waals surface area contributed by atoms with Crippen LogP contribution in [0.2, 0.25) is 0 Å². The van der Waals surface area contributed by atoms with E-state index in [-0.39, 0.29) is 11.7 Å². The van der Waals surface area contributed by atoms with Crippen molar-refractivity contribution in [1.29, 1.82) is 0 Å². The second-order valence-electron chi connectivity index (χ2n) is 8.89. The zero-order valence-electron chi connectivity index (χ0n) is 20.4. The third-order valence-electron chi connectivity index (χ3n) is 6.19. The van der Waals surface area contributed by atoms with Crippen LogP contribution >= 0.6 is 11.8 Å². The lowest BCUT2D eigenvalue weighted by atomic mass is 10.0. The zero-order valence-corrected chi connectivity index (χ0v) is 21.3. The Kier molecular flexibility index (Phi) is 7.14. The Morgan fingerprint density at radius 1 is 0.889 bits per heavy atom. The molecule has 1 N–H and O–H groups in total. The second kappa shape index (κ2) is 10.8. The number of carbonyl (C=O) groups excluding carboxylic acids is 1. The molecule has 0 atom stereocenters. The molecule has 1 amide bonds. The predicted octanol–water partition coefficient (Wildman–Crippen LogP) is 6.04. The summed E-state index contributed by atoms with van der Waals surface area (Å²) in [4.78, 5) is 12.6. The quantitative estimate of drug-likeness (QED) is 0.269. The lowest BCUT2D eigenvalue weighted by Crippen LogP contribution is -2.24. The summed E-state index contributed by atoms with van der Waals surface area (Å²) in [6, 6.07) is 31.1. The molecule has 6 heteroatoms. The van der Waals surface area contributed by atoms with E-state index in [1.165, 1.54) is 33.7 Å². The molecule has 0 spiro atoms. The topological polar surface area (TPSA) is 59.8 Å². The number of carbonyl (C=O) groups is 1. The van der Waals surface area contributed by atoms with Crippen LogP contribution in [0.1, 0.15) is 28.1 Å². The fourth-order valence-electron chi connectivity index (χ4n) is 4.40. The molecular weight excluding hydrogens is 464 g/mol. The number of hydrogen-bond donors (Lipinski definition) is 1. The minimum Gasteiger partial charge on any atom is -0.351 e. The van der Waals surface area contributed by atoms with E-state index in [2.05, 4.69) is 94.6 Å². The third kappa shape index (κ3) is 5.34. The lowest BCUT2D eigenvalue weighted by molar-refractivity contribution is -0.118. The first-order chi connectivity index (χ1) is 17.6. The van der Waals surface area contributed by atoms with Gasteiger partial charge in [-0.25, -0.2) is 0 Å². The average molecular weight is 493 g/mol. The number of aryl methyl sites for hydroxylation is 2. The number of rotatable bonds is 8. The fourth-order valence-corrected chi connectivity index (χ4v) is 5.19. The smallest absolute Gasteiger partial charge is 0.230 e. The summed E-state index contributed by atoms with van der Waals surface area (Å²) in [7, 11) is 0. The Balaban J connectivity index is 1.42. The number of fused-ring (bicyclic) bond motifs is 1. The number of nitrogens with zero attached hydrogens (tertiary/aromatic N) is 3. The molecule has 0 aliphatic rings. The van der Waals surface area contributed by atoms with Gasteiger partial charge in [-0.05, 0) is 47.4 Å². The first-order valence-corrected chi connectivity index (χ1v) is 13.0. The van der Waals surface area contributed by atoms with E-state index in [0.29, 0.717) is 18.1 Å². The van der Waals surface area contributed by atoms with Crippen molar-refractivity contribution in [3.05, 3.63) is 119 Å². The highest BCUT2D eigenvalue weighted by molar-refractivity contribution is 7.99. The van der Waals surface area contributed by atoms with Gasteiger partial charge in [0.05, 0.1) is 11.4 Å². The van der Waals surface area contributed by atoms with Crippen LogP contribution in [-0.4, -0.2) is 26.4 Å². The van der Waals surface area contributed by atoms with Crippen LogP contribution < -0.4 is 5.32 Å². The van der Waals surface area contributed by atoms with Crippen molar-refractivity contribution in [2.24, 2.45) is 0 Å². The van der Waals surface area contributed by atoms with Crippen LogP contribution in [-0.2, 0) is 17.8 Å². The van der Waals surface area contributed by atoms with Gasteiger partial charge in [-0.3, -0.25) is 9.36 Å². The molecule has 0 bridgehead atoms. The van der Waals surface area contributed by atoms with Crippen LogP contribution in [0.25, 0.3) is 16.5 Å². The molecule has 4 aromatic carbocycles. The highest BCUT2D eigenvalue weighted by Gasteiger charge is 2.18. The molecule has 0 fully saturated rings. The maximum Gasteiger partial charge on any atom is 0.230 e. The molecule has 0 radical (unpaired) electrons. The summed E-state index contributed by atoms with van der Waals surface area (Å²) in [5.74, 6) is 1.09. The van der Waals surface area contributed by atoms with Gasteiger partial charge in [0.15, 0.2) is 5.16 Å². The summed E-state index contributed by atoms with van der Waals surface area (Å²) >= 11 is 1.41. The first kappa shape index (κ1) is 23.8. The van der Waals surface area contributed by atoms with Gasteiger partial charge < -0.3 is 5.32 Å². The maximum absolute atomic E-state index is 12.6. The summed E-state index contributed by atoms with van der Waals surface area (Å²) in [6.07, 6.45) is 0.641. The maximum atomic E-state index is 12.6. The summed E-state index contributed by atoms with van der Waals surface area (Å²) in [6.45, 7) is 4.70. The standard InChI is InChI=1S/C30H28N4OS/c1-21-15-16-27(22(2)17-21)34-28(18-25-13-8-12-24-11-6-7-14-26(24)25)32-33-30(34)36-20-29(35)31-19-23-9-4-3-5-10-23/h3-17H,18-20H2,1-2H3,(H,31,35). The van der Waals surface area contributed by atoms with Crippen molar-refractivity contribution >= 4 is 28.4 Å². The Morgan fingerprint density at radius 2 is 1.67 bits per heavy atom. The molecule has 180 valence electrons. The minimum absolute atomic E-state index is 0.0327. The molecule has 0 saturated carbocycles. The third-order valence-corrected chi connectivity index (χ3v) is 7.12. The molecule has 0 aliphatic carbocycles. The van der Waals surface area contributed by atoms with E-state index in [4.69, 9.17) is 0 Å². The Hall–Kier alpha value is -3.90. The molecular formula is C30H28N4OS. The Labute approximate surface area is 215 Å². The molecule has 5 aromatic rings. The highest BCUT2D eigenvalue weighted by atomic mass is 32.2. The molecule has 1 aromatic heterocycles. The van der Waals surface area contributed by atoms with Crippen molar-refractivity contribution in [1.82, 2.24) is 20.1 Å². The Bertz CT molecular complexity index is 1510. The Morgan fingerprint density at radius 3 is 2.50 bits per heavy atom. The zero-order chi connectivity index (χ0) is 24.9. The van der Waals surface area contributed by atoms with E-state index in [1.54, 1.807) is 0 Å². The highest BCUT2D eigenvalue weighted by Crippen LogP contribution is 2.28. The van der Waals surface area contributed by atoms with Gasteiger partial charge in [-0.2, -0.15) is 0 Å². The average Bonchev–Trinajstić information content (AvgIpc) is 3.29. The van der Waals surface area contributed by atoms with Crippen molar-refractivity contribution in [3.63, 3.8) is 0 Å². The molecule has 0 aliphatic heterocycles. The van der Waals surface area contributed by atoms with Gasteiger partial charge >= 0.3 is 0 Å². The lowest BCUT2D eigenvalue weighted by Gasteiger charge is -2.14. The molecule has 0 saturated heterocycles. The van der Waals surface area contributed by atoms with E-state index in [1.807, 2.05) is 30.3 Å². The van der Waals surface area contributed by atoms with E-state index < -0.39 is 0 Å². The van der Waals surface area contributed by atoms with Crippen molar-refractivity contribution in [3.8, 4) is 5.69 Å². The van der Waals surface area contributed by atoms with Crippen molar-refractivity contribution in [2.75, 3.05) is 5.75 Å². The summed E-state index contributed by atoms with van der Waals surface area (Å²) in [5.41, 5.74) is 5.65. The molecule has 5 nitrogen and oxygen atoms in total. The van der Waals surface area contributed by atoms with Gasteiger partial charge in [0.25, 0.3) is 0 Å². The number of hydrogen-bond acceptors (Lipinski definition) is 4. The van der Waals surface area contributed by atoms with Crippen LogP contribution in [0.15, 0.2) is 96.2 Å². The van der Waals surface area contributed by atoms with Gasteiger partial charge in [-0.15, -0.1) is 10.2 Å². The molecule has 5 rings (SSSR count). The van der Waals surface area contributed by atoms with Crippen LogP contribution in [0.4, 0.5) is 0 Å². The minimum atomic E-state index is -0.0327. The summed E-state index contributed by atoms with van der Waals surface area (Å²) < 4.78 is 2.10. The summed E-state index contributed by atoms with van der Waals surface area (Å²) in [5, 5.41) is 15.2. The normalized spacial score (nSPS) is 11.1. The molecule has 36 heavy (non-hydrogen) atoms. The predicted molar refractivity (Wildman–Crippen MR) is 147 cm³/mol. The van der Waals surface area contributed by atoms with Crippen LogP contribution in [0.5, 0.6) is 0 Å². The van der Waals surface area contributed by atoms with Gasteiger partial charge in [0, 0.05) is 13.0 Å². The van der Waals surface area contributed by atoms with Crippen molar-refractivity contribution in [2.45, 2.75) is 32.0 Å². The van der Waals surface area contributed by atoms with Gasteiger partial charge in [0.2, 0.25) is 5.91 Å². The van der Waals surface area contributed by atoms with Gasteiger partial charge in [-0.1, -0.05) is 102 Å². The number of thioether (sulfide) groups is 1. The van der Waals surface area contributed by atoms with E-state index in [9.17, 15) is 4.79 Å². The molecule has 1 heterocycles. The SMILES string of the molecule is Cc1ccc(-n2c(Cc3cccc4ccccc34)nnc2SCC(=O)NCc2ccccc2)c(C)c1.